The summed E-state index contributed by atoms with van der Waals surface area (Å²) in [6.07, 6.45) is -1.13. The van der Waals surface area contributed by atoms with Gasteiger partial charge < -0.3 is 20.1 Å². The van der Waals surface area contributed by atoms with Crippen molar-refractivity contribution < 1.29 is 24.0 Å². The number of nitrogens with zero attached hydrogens (tertiary/aromatic N) is 1. The number of nitrogens with one attached hydrogen (secondary N) is 2. The van der Waals surface area contributed by atoms with Crippen LogP contribution >= 0.6 is 11.6 Å². The summed E-state index contributed by atoms with van der Waals surface area (Å²) >= 11 is 5.93. The number of carbonyl (C=O) groups excluding carboxylic acids is 2. The molecule has 0 radical (unpaired) electrons. The smallest absolute Gasteiger partial charge is 0.339 e. The van der Waals surface area contributed by atoms with Crippen LogP contribution in [0.25, 0.3) is 0 Å². The molecule has 1 atom stereocenters. The van der Waals surface area contributed by atoms with Crippen LogP contribution in [0.2, 0.25) is 5.02 Å². The Balaban J connectivity index is 2.08. The van der Waals surface area contributed by atoms with Gasteiger partial charge in [0.1, 0.15) is 5.69 Å². The molecule has 9 nitrogen and oxygen atoms in total. The Kier molecular flexibility index (Phi) is 8.14. The number of carbonyl (C=O) groups is 2. The predicted molar refractivity (Wildman–Crippen MR) is 113 cm³/mol. The number of halogens is 1. The number of aryl methyl sites for hydroxylation is 1. The highest BCUT2D eigenvalue weighted by molar-refractivity contribution is 6.31. The molecule has 2 aromatic rings. The van der Waals surface area contributed by atoms with Crippen LogP contribution in [0.15, 0.2) is 36.4 Å². The van der Waals surface area contributed by atoms with Gasteiger partial charge in [0.05, 0.1) is 17.1 Å². The van der Waals surface area contributed by atoms with Crippen molar-refractivity contribution in [1.82, 2.24) is 0 Å². The molecule has 0 saturated carbocycles. The zero-order chi connectivity index (χ0) is 22.3. The summed E-state index contributed by atoms with van der Waals surface area (Å²) < 4.78 is 10.1. The molecule has 2 aromatic carbocycles. The van der Waals surface area contributed by atoms with Gasteiger partial charge in [-0.05, 0) is 43.7 Å². The maximum Gasteiger partial charge on any atom is 0.339 e. The first-order valence-electron chi connectivity index (χ1n) is 9.02. The summed E-state index contributed by atoms with van der Waals surface area (Å²) in [6, 6.07) is 8.92. The number of anilines is 2. The molecule has 0 fully saturated rings. The van der Waals surface area contributed by atoms with E-state index in [0.29, 0.717) is 23.9 Å². The fraction of sp³-hybridized carbons (Fsp3) is 0.300. The number of hydrogen-bond acceptors (Lipinski definition) is 7. The summed E-state index contributed by atoms with van der Waals surface area (Å²) in [7, 11) is 1.51. The Morgan fingerprint density at radius 2 is 1.93 bits per heavy atom. The number of methoxy groups -OCH3 is 1. The lowest BCUT2D eigenvalue weighted by molar-refractivity contribution is -0.384. The Morgan fingerprint density at radius 1 is 1.20 bits per heavy atom. The topological polar surface area (TPSA) is 120 Å². The van der Waals surface area contributed by atoms with Crippen LogP contribution in [0.1, 0.15) is 22.8 Å². The van der Waals surface area contributed by atoms with Gasteiger partial charge in [-0.1, -0.05) is 17.7 Å². The lowest BCUT2D eigenvalue weighted by Crippen LogP contribution is -2.30. The molecule has 10 heteroatoms. The molecule has 0 heterocycles. The van der Waals surface area contributed by atoms with Crippen molar-refractivity contribution in [2.24, 2.45) is 0 Å². The lowest BCUT2D eigenvalue weighted by atomic mass is 10.1. The SMILES string of the molecule is COCCNc1ccc(C(=O)OC(C)C(=O)Nc2cc(Cl)ccc2C)cc1[N+](=O)[O-]. The summed E-state index contributed by atoms with van der Waals surface area (Å²) in [5.41, 5.74) is 1.21. The molecule has 1 amide bonds. The maximum atomic E-state index is 12.4. The molecule has 0 aliphatic rings. The Labute approximate surface area is 178 Å². The summed E-state index contributed by atoms with van der Waals surface area (Å²) in [5.74, 6) is -1.41. The molecule has 30 heavy (non-hydrogen) atoms. The zero-order valence-corrected chi connectivity index (χ0v) is 17.5. The number of amides is 1. The highest BCUT2D eigenvalue weighted by atomic mass is 35.5. The minimum absolute atomic E-state index is 0.0439. The zero-order valence-electron chi connectivity index (χ0n) is 16.7. The molecular formula is C20H22ClN3O6. The number of esters is 1. The minimum Gasteiger partial charge on any atom is -0.449 e. The number of nitro benzene ring substituents is 1. The first-order chi connectivity index (χ1) is 14.2. The fourth-order valence-electron chi connectivity index (χ4n) is 2.49. The summed E-state index contributed by atoms with van der Waals surface area (Å²) in [5, 5.41) is 17.3. The standard InChI is InChI=1S/C20H22ClN3O6/c1-12-4-6-15(21)11-17(12)23-19(25)13(2)30-20(26)14-5-7-16(22-8-9-29-3)18(10-14)24(27)28/h4-7,10-11,13,22H,8-9H2,1-3H3,(H,23,25). The Hall–Kier alpha value is -3.17. The quantitative estimate of drug-likeness (QED) is 0.266. The van der Waals surface area contributed by atoms with Crippen LogP contribution in [-0.4, -0.2) is 43.2 Å². The summed E-state index contributed by atoms with van der Waals surface area (Å²) in [6.45, 7) is 3.92. The molecule has 160 valence electrons. The van der Waals surface area contributed by atoms with E-state index in [1.165, 1.54) is 26.2 Å². The van der Waals surface area contributed by atoms with Crippen molar-refractivity contribution >= 4 is 40.5 Å². The van der Waals surface area contributed by atoms with E-state index in [1.807, 2.05) is 0 Å². The molecule has 0 bridgehead atoms. The lowest BCUT2D eigenvalue weighted by Gasteiger charge is -2.15. The van der Waals surface area contributed by atoms with E-state index in [4.69, 9.17) is 21.1 Å². The maximum absolute atomic E-state index is 12.4. The highest BCUT2D eigenvalue weighted by Gasteiger charge is 2.23. The second-order valence-corrected chi connectivity index (χ2v) is 6.84. The van der Waals surface area contributed by atoms with E-state index in [1.54, 1.807) is 25.1 Å². The van der Waals surface area contributed by atoms with E-state index in [2.05, 4.69) is 10.6 Å². The van der Waals surface area contributed by atoms with Gasteiger partial charge in [0, 0.05) is 30.4 Å². The largest absolute Gasteiger partial charge is 0.449 e. The van der Waals surface area contributed by atoms with Crippen LogP contribution in [0, 0.1) is 17.0 Å². The molecule has 2 rings (SSSR count). The highest BCUT2D eigenvalue weighted by Crippen LogP contribution is 2.26. The average molecular weight is 436 g/mol. The third kappa shape index (κ3) is 6.16. The van der Waals surface area contributed by atoms with Crippen molar-refractivity contribution in [3.63, 3.8) is 0 Å². The van der Waals surface area contributed by atoms with Gasteiger partial charge in [-0.3, -0.25) is 14.9 Å². The van der Waals surface area contributed by atoms with Gasteiger partial charge in [0.2, 0.25) is 0 Å². The van der Waals surface area contributed by atoms with Gasteiger partial charge in [0.25, 0.3) is 11.6 Å². The summed E-state index contributed by atoms with van der Waals surface area (Å²) in [4.78, 5) is 35.5. The van der Waals surface area contributed by atoms with Gasteiger partial charge in [-0.15, -0.1) is 0 Å². The molecule has 0 aromatic heterocycles. The third-order valence-electron chi connectivity index (χ3n) is 4.16. The van der Waals surface area contributed by atoms with Crippen molar-refractivity contribution in [2.75, 3.05) is 30.9 Å². The molecule has 2 N–H and O–H groups in total. The Bertz CT molecular complexity index is 950. The number of benzene rings is 2. The van der Waals surface area contributed by atoms with Crippen molar-refractivity contribution in [3.8, 4) is 0 Å². The number of ether oxygens (including phenoxy) is 2. The average Bonchev–Trinajstić information content (AvgIpc) is 2.70. The first-order valence-corrected chi connectivity index (χ1v) is 9.40. The molecule has 0 saturated heterocycles. The molecule has 0 aliphatic carbocycles. The molecule has 0 aliphatic heterocycles. The fourth-order valence-corrected chi connectivity index (χ4v) is 2.66. The second-order valence-electron chi connectivity index (χ2n) is 6.40. The van der Waals surface area contributed by atoms with E-state index >= 15 is 0 Å². The van der Waals surface area contributed by atoms with Crippen molar-refractivity contribution in [1.29, 1.82) is 0 Å². The normalized spacial score (nSPS) is 11.5. The van der Waals surface area contributed by atoms with Crippen LogP contribution in [-0.2, 0) is 14.3 Å². The van der Waals surface area contributed by atoms with Crippen LogP contribution in [0.5, 0.6) is 0 Å². The van der Waals surface area contributed by atoms with Crippen LogP contribution in [0.3, 0.4) is 0 Å². The van der Waals surface area contributed by atoms with E-state index < -0.39 is 22.9 Å². The first kappa shape index (κ1) is 23.1. The molecule has 0 spiro atoms. The van der Waals surface area contributed by atoms with Gasteiger partial charge >= 0.3 is 5.97 Å². The number of nitro groups is 1. The molecule has 1 unspecified atom stereocenters. The third-order valence-corrected chi connectivity index (χ3v) is 4.40. The number of hydrogen-bond donors (Lipinski definition) is 2. The van der Waals surface area contributed by atoms with Gasteiger partial charge in [0.15, 0.2) is 6.10 Å². The van der Waals surface area contributed by atoms with Crippen LogP contribution in [0.4, 0.5) is 17.1 Å². The molecular weight excluding hydrogens is 414 g/mol. The minimum atomic E-state index is -1.13. The Morgan fingerprint density at radius 3 is 2.60 bits per heavy atom. The number of rotatable bonds is 9. The predicted octanol–water partition coefficient (Wildman–Crippen LogP) is 3.80. The van der Waals surface area contributed by atoms with E-state index in [9.17, 15) is 19.7 Å². The monoisotopic (exact) mass is 435 g/mol. The van der Waals surface area contributed by atoms with E-state index in [-0.39, 0.29) is 16.9 Å². The van der Waals surface area contributed by atoms with Gasteiger partial charge in [-0.2, -0.15) is 0 Å². The van der Waals surface area contributed by atoms with E-state index in [0.717, 1.165) is 11.6 Å². The van der Waals surface area contributed by atoms with Crippen LogP contribution < -0.4 is 10.6 Å². The second kappa shape index (κ2) is 10.6. The van der Waals surface area contributed by atoms with Gasteiger partial charge in [-0.25, -0.2) is 4.79 Å². The van der Waals surface area contributed by atoms with Crippen molar-refractivity contribution in [3.05, 3.63) is 62.7 Å². The van der Waals surface area contributed by atoms with Crippen molar-refractivity contribution in [2.45, 2.75) is 20.0 Å².